The summed E-state index contributed by atoms with van der Waals surface area (Å²) in [4.78, 5) is 17.0. The van der Waals surface area contributed by atoms with Crippen LogP contribution in [-0.4, -0.2) is 17.5 Å². The lowest BCUT2D eigenvalue weighted by Crippen LogP contribution is -2.20. The van der Waals surface area contributed by atoms with Gasteiger partial charge in [-0.25, -0.2) is 4.98 Å². The number of fused-ring (bicyclic) bond motifs is 1. The van der Waals surface area contributed by atoms with E-state index in [0.717, 1.165) is 38.9 Å². The van der Waals surface area contributed by atoms with E-state index in [1.165, 1.54) is 0 Å². The number of nitrogens with one attached hydrogen (secondary N) is 1. The fourth-order valence-electron chi connectivity index (χ4n) is 3.53. The van der Waals surface area contributed by atoms with E-state index in [-0.39, 0.29) is 12.5 Å². The van der Waals surface area contributed by atoms with Gasteiger partial charge in [0.05, 0.1) is 0 Å². The monoisotopic (exact) mass is 400 g/mol. The van der Waals surface area contributed by atoms with E-state index in [2.05, 4.69) is 16.4 Å². The number of aromatic nitrogens is 1. The smallest absolute Gasteiger partial charge is 0.262 e. The van der Waals surface area contributed by atoms with Crippen molar-refractivity contribution in [1.82, 2.24) is 4.98 Å². The molecular formula is C25H24N2O3. The lowest BCUT2D eigenvalue weighted by molar-refractivity contribution is -0.118. The maximum atomic E-state index is 12.4. The Labute approximate surface area is 175 Å². The zero-order chi connectivity index (χ0) is 21.3. The average Bonchev–Trinajstić information content (AvgIpc) is 3.12. The SMILES string of the molecule is Cc1ccc(OCC(=O)Nc2cccc(-c3nc4cc(C)cc(C)c4o3)c2)c(C)c1. The molecule has 0 radical (unpaired) electrons. The van der Waals surface area contributed by atoms with Crippen molar-refractivity contribution in [2.75, 3.05) is 11.9 Å². The molecule has 0 spiro atoms. The molecule has 0 unspecified atom stereocenters. The first-order valence-corrected chi connectivity index (χ1v) is 9.87. The highest BCUT2D eigenvalue weighted by Crippen LogP contribution is 2.28. The quantitative estimate of drug-likeness (QED) is 0.463. The average molecular weight is 400 g/mol. The van der Waals surface area contributed by atoms with Gasteiger partial charge in [-0.1, -0.05) is 29.8 Å². The zero-order valence-corrected chi connectivity index (χ0v) is 17.6. The second-order valence-electron chi connectivity index (χ2n) is 7.64. The third-order valence-electron chi connectivity index (χ3n) is 4.90. The van der Waals surface area contributed by atoms with Crippen LogP contribution in [0, 0.1) is 27.7 Å². The molecule has 0 aliphatic heterocycles. The first-order chi connectivity index (χ1) is 14.4. The standard InChI is InChI=1S/C25H24N2O3/c1-15-8-9-22(17(3)10-15)29-14-23(28)26-20-7-5-6-19(13-20)25-27-21-12-16(2)11-18(4)24(21)30-25/h5-13H,14H2,1-4H3,(H,26,28). The number of carbonyl (C=O) groups excluding carboxylic acids is 1. The van der Waals surface area contributed by atoms with Crippen molar-refractivity contribution in [3.63, 3.8) is 0 Å². The number of oxazole rings is 1. The molecule has 5 nitrogen and oxygen atoms in total. The fraction of sp³-hybridized carbons (Fsp3) is 0.200. The summed E-state index contributed by atoms with van der Waals surface area (Å²) in [5.74, 6) is 1.01. The highest BCUT2D eigenvalue weighted by molar-refractivity contribution is 5.92. The number of aryl methyl sites for hydroxylation is 4. The van der Waals surface area contributed by atoms with Crippen LogP contribution in [0.2, 0.25) is 0 Å². The number of rotatable bonds is 5. The van der Waals surface area contributed by atoms with Crippen LogP contribution < -0.4 is 10.1 Å². The Bertz CT molecular complexity index is 1240. The minimum absolute atomic E-state index is 0.0600. The Hall–Kier alpha value is -3.60. The van der Waals surface area contributed by atoms with E-state index in [1.54, 1.807) is 0 Å². The van der Waals surface area contributed by atoms with Gasteiger partial charge in [-0.2, -0.15) is 0 Å². The van der Waals surface area contributed by atoms with Crippen LogP contribution >= 0.6 is 0 Å². The number of ether oxygens (including phenoxy) is 1. The number of amides is 1. The Morgan fingerprint density at radius 2 is 1.77 bits per heavy atom. The summed E-state index contributed by atoms with van der Waals surface area (Å²) < 4.78 is 11.6. The molecule has 0 saturated carbocycles. The van der Waals surface area contributed by atoms with Gasteiger partial charge in [0.2, 0.25) is 5.89 Å². The lowest BCUT2D eigenvalue weighted by Gasteiger charge is -2.10. The van der Waals surface area contributed by atoms with Gasteiger partial charge in [0.1, 0.15) is 11.3 Å². The highest BCUT2D eigenvalue weighted by Gasteiger charge is 2.12. The molecule has 0 fully saturated rings. The predicted molar refractivity (Wildman–Crippen MR) is 119 cm³/mol. The summed E-state index contributed by atoms with van der Waals surface area (Å²) in [5, 5.41) is 2.87. The Kier molecular flexibility index (Phi) is 5.27. The van der Waals surface area contributed by atoms with E-state index < -0.39 is 0 Å². The van der Waals surface area contributed by atoms with Gasteiger partial charge in [0.25, 0.3) is 5.91 Å². The van der Waals surface area contributed by atoms with Crippen LogP contribution in [-0.2, 0) is 4.79 Å². The molecule has 30 heavy (non-hydrogen) atoms. The first-order valence-electron chi connectivity index (χ1n) is 9.87. The van der Waals surface area contributed by atoms with E-state index in [0.29, 0.717) is 17.3 Å². The largest absolute Gasteiger partial charge is 0.483 e. The molecule has 3 aromatic carbocycles. The van der Waals surface area contributed by atoms with Gasteiger partial charge < -0.3 is 14.5 Å². The van der Waals surface area contributed by atoms with Crippen molar-refractivity contribution in [1.29, 1.82) is 0 Å². The van der Waals surface area contributed by atoms with Gasteiger partial charge in [-0.3, -0.25) is 4.79 Å². The second-order valence-corrected chi connectivity index (χ2v) is 7.64. The molecule has 0 saturated heterocycles. The summed E-state index contributed by atoms with van der Waals surface area (Å²) in [6, 6.07) is 17.4. The van der Waals surface area contributed by atoms with Crippen LogP contribution in [0.15, 0.2) is 59.0 Å². The summed E-state index contributed by atoms with van der Waals surface area (Å²) in [7, 11) is 0. The van der Waals surface area contributed by atoms with E-state index in [1.807, 2.05) is 76.2 Å². The molecule has 5 heteroatoms. The third kappa shape index (κ3) is 4.20. The Morgan fingerprint density at radius 1 is 0.967 bits per heavy atom. The van der Waals surface area contributed by atoms with Gasteiger partial charge in [0, 0.05) is 11.3 Å². The zero-order valence-electron chi connectivity index (χ0n) is 17.6. The minimum Gasteiger partial charge on any atom is -0.483 e. The van der Waals surface area contributed by atoms with Crippen molar-refractivity contribution >= 4 is 22.7 Å². The van der Waals surface area contributed by atoms with Crippen LogP contribution in [0.4, 0.5) is 5.69 Å². The van der Waals surface area contributed by atoms with Gasteiger partial charge in [-0.15, -0.1) is 0 Å². The Morgan fingerprint density at radius 3 is 2.57 bits per heavy atom. The van der Waals surface area contributed by atoms with Crippen molar-refractivity contribution < 1.29 is 13.9 Å². The molecule has 1 amide bonds. The molecule has 152 valence electrons. The van der Waals surface area contributed by atoms with Gasteiger partial charge in [-0.05, 0) is 74.7 Å². The summed E-state index contributed by atoms with van der Waals surface area (Å²) in [6.07, 6.45) is 0. The third-order valence-corrected chi connectivity index (χ3v) is 4.90. The summed E-state index contributed by atoms with van der Waals surface area (Å²) in [5.41, 5.74) is 7.44. The van der Waals surface area contributed by atoms with Crippen molar-refractivity contribution in [3.05, 3.63) is 76.9 Å². The molecule has 0 aliphatic rings. The van der Waals surface area contributed by atoms with Crippen molar-refractivity contribution in [2.45, 2.75) is 27.7 Å². The number of benzene rings is 3. The lowest BCUT2D eigenvalue weighted by atomic mass is 10.1. The summed E-state index contributed by atoms with van der Waals surface area (Å²) in [6.45, 7) is 7.98. The van der Waals surface area contributed by atoms with Crippen LogP contribution in [0.3, 0.4) is 0 Å². The molecule has 1 heterocycles. The maximum Gasteiger partial charge on any atom is 0.262 e. The Balaban J connectivity index is 1.48. The number of hydrogen-bond acceptors (Lipinski definition) is 4. The topological polar surface area (TPSA) is 64.4 Å². The molecule has 1 aromatic heterocycles. The molecular weight excluding hydrogens is 376 g/mol. The molecule has 0 bridgehead atoms. The normalized spacial score (nSPS) is 10.9. The number of hydrogen-bond donors (Lipinski definition) is 1. The first kappa shape index (κ1) is 19.7. The number of nitrogens with zero attached hydrogens (tertiary/aromatic N) is 1. The highest BCUT2D eigenvalue weighted by atomic mass is 16.5. The minimum atomic E-state index is -0.226. The van der Waals surface area contributed by atoms with Crippen molar-refractivity contribution in [2.24, 2.45) is 0 Å². The molecule has 4 aromatic rings. The number of carbonyl (C=O) groups is 1. The van der Waals surface area contributed by atoms with Crippen LogP contribution in [0.1, 0.15) is 22.3 Å². The molecule has 1 N–H and O–H groups in total. The fourth-order valence-corrected chi connectivity index (χ4v) is 3.53. The van der Waals surface area contributed by atoms with Crippen molar-refractivity contribution in [3.8, 4) is 17.2 Å². The van der Waals surface area contributed by atoms with Gasteiger partial charge >= 0.3 is 0 Å². The summed E-state index contributed by atoms with van der Waals surface area (Å²) >= 11 is 0. The van der Waals surface area contributed by atoms with E-state index in [4.69, 9.17) is 9.15 Å². The maximum absolute atomic E-state index is 12.4. The number of anilines is 1. The second kappa shape index (κ2) is 8.03. The van der Waals surface area contributed by atoms with Crippen LogP contribution in [0.25, 0.3) is 22.6 Å². The van der Waals surface area contributed by atoms with Gasteiger partial charge in [0.15, 0.2) is 12.2 Å². The van der Waals surface area contributed by atoms with E-state index >= 15 is 0 Å². The molecule has 0 aliphatic carbocycles. The molecule has 4 rings (SSSR count). The predicted octanol–water partition coefficient (Wildman–Crippen LogP) is 5.75. The molecule has 0 atom stereocenters. The van der Waals surface area contributed by atoms with E-state index in [9.17, 15) is 4.79 Å². The van der Waals surface area contributed by atoms with Crippen LogP contribution in [0.5, 0.6) is 5.75 Å².